The number of nitrogens with one attached hydrogen (secondary N) is 1. The highest BCUT2D eigenvalue weighted by Crippen LogP contribution is 2.14. The van der Waals surface area contributed by atoms with Crippen LogP contribution in [0.5, 0.6) is 5.75 Å². The van der Waals surface area contributed by atoms with Crippen LogP contribution in [0, 0.1) is 0 Å². The number of ketones is 1. The van der Waals surface area contributed by atoms with E-state index in [9.17, 15) is 9.59 Å². The lowest BCUT2D eigenvalue weighted by molar-refractivity contribution is -0.111. The number of amides is 1. The van der Waals surface area contributed by atoms with Gasteiger partial charge < -0.3 is 10.1 Å². The van der Waals surface area contributed by atoms with Gasteiger partial charge in [-0.2, -0.15) is 0 Å². The third-order valence-corrected chi connectivity index (χ3v) is 3.32. The molecule has 0 saturated carbocycles. The fourth-order valence-corrected chi connectivity index (χ4v) is 2.07. The Kier molecular flexibility index (Phi) is 6.32. The zero-order valence-electron chi connectivity index (χ0n) is 13.9. The van der Waals surface area contributed by atoms with Crippen LogP contribution in [-0.2, 0) is 4.79 Å². The summed E-state index contributed by atoms with van der Waals surface area (Å²) in [6.07, 6.45) is 4.16. The average molecular weight is 323 g/mol. The van der Waals surface area contributed by atoms with Gasteiger partial charge in [0, 0.05) is 17.3 Å². The number of benzene rings is 2. The number of anilines is 1. The molecule has 0 fully saturated rings. The Morgan fingerprint density at radius 1 is 1.12 bits per heavy atom. The van der Waals surface area contributed by atoms with Gasteiger partial charge in [-0.05, 0) is 49.2 Å². The van der Waals surface area contributed by atoms with Crippen molar-refractivity contribution in [3.63, 3.8) is 0 Å². The van der Waals surface area contributed by atoms with E-state index in [4.69, 9.17) is 4.74 Å². The van der Waals surface area contributed by atoms with E-state index in [-0.39, 0.29) is 11.7 Å². The Morgan fingerprint density at radius 2 is 1.88 bits per heavy atom. The van der Waals surface area contributed by atoms with Crippen LogP contribution in [0.1, 0.15) is 36.2 Å². The number of carbonyl (C=O) groups excluding carboxylic acids is 2. The molecule has 4 heteroatoms. The summed E-state index contributed by atoms with van der Waals surface area (Å²) in [4.78, 5) is 23.3. The number of carbonyl (C=O) groups is 2. The third-order valence-electron chi connectivity index (χ3n) is 3.32. The van der Waals surface area contributed by atoms with Crippen molar-refractivity contribution in [1.29, 1.82) is 0 Å². The Bertz CT molecular complexity index is 733. The summed E-state index contributed by atoms with van der Waals surface area (Å²) in [5, 5.41) is 2.74. The maximum atomic E-state index is 12.0. The van der Waals surface area contributed by atoms with Gasteiger partial charge in [-0.1, -0.05) is 31.2 Å². The highest BCUT2D eigenvalue weighted by Gasteiger charge is 2.02. The number of Topliss-reactive ketones (excluding diaryl/α,β-unsaturated/α-hetero) is 1. The van der Waals surface area contributed by atoms with E-state index in [2.05, 4.69) is 12.2 Å². The highest BCUT2D eigenvalue weighted by molar-refractivity contribution is 6.03. The minimum absolute atomic E-state index is 0.0352. The van der Waals surface area contributed by atoms with Gasteiger partial charge in [-0.25, -0.2) is 0 Å². The van der Waals surface area contributed by atoms with Crippen molar-refractivity contribution in [3.05, 3.63) is 65.7 Å². The summed E-state index contributed by atoms with van der Waals surface area (Å²) in [5.74, 6) is 0.536. The van der Waals surface area contributed by atoms with E-state index < -0.39 is 0 Å². The fraction of sp³-hybridized carbons (Fsp3) is 0.200. The van der Waals surface area contributed by atoms with E-state index in [1.54, 1.807) is 30.3 Å². The minimum Gasteiger partial charge on any atom is -0.494 e. The monoisotopic (exact) mass is 323 g/mol. The molecule has 124 valence electrons. The van der Waals surface area contributed by atoms with E-state index in [0.29, 0.717) is 17.9 Å². The number of rotatable bonds is 7. The molecule has 4 nitrogen and oxygen atoms in total. The molecule has 0 saturated heterocycles. The molecule has 0 heterocycles. The molecule has 0 aliphatic heterocycles. The molecular weight excluding hydrogens is 302 g/mol. The second-order valence-corrected chi connectivity index (χ2v) is 5.38. The van der Waals surface area contributed by atoms with Gasteiger partial charge in [0.15, 0.2) is 5.78 Å². The van der Waals surface area contributed by atoms with E-state index in [1.165, 1.54) is 13.0 Å². The van der Waals surface area contributed by atoms with Crippen LogP contribution in [0.15, 0.2) is 54.6 Å². The molecule has 24 heavy (non-hydrogen) atoms. The topological polar surface area (TPSA) is 55.4 Å². The van der Waals surface area contributed by atoms with Crippen LogP contribution in [0.4, 0.5) is 5.69 Å². The molecule has 2 rings (SSSR count). The Morgan fingerprint density at radius 3 is 2.54 bits per heavy atom. The van der Waals surface area contributed by atoms with E-state index >= 15 is 0 Å². The minimum atomic E-state index is -0.248. The zero-order valence-corrected chi connectivity index (χ0v) is 13.9. The lowest BCUT2D eigenvalue weighted by atomic mass is 10.1. The number of hydrogen-bond acceptors (Lipinski definition) is 3. The van der Waals surface area contributed by atoms with Crippen molar-refractivity contribution in [2.24, 2.45) is 0 Å². The van der Waals surface area contributed by atoms with Crippen LogP contribution in [0.25, 0.3) is 6.08 Å². The second-order valence-electron chi connectivity index (χ2n) is 5.38. The highest BCUT2D eigenvalue weighted by atomic mass is 16.5. The Balaban J connectivity index is 1.95. The van der Waals surface area contributed by atoms with E-state index in [0.717, 1.165) is 17.7 Å². The Labute approximate surface area is 142 Å². The quantitative estimate of drug-likeness (QED) is 0.609. The lowest BCUT2D eigenvalue weighted by Gasteiger charge is -2.05. The molecule has 0 aliphatic rings. The molecule has 0 atom stereocenters. The van der Waals surface area contributed by atoms with Crippen LogP contribution in [-0.4, -0.2) is 18.3 Å². The molecule has 0 aliphatic carbocycles. The summed E-state index contributed by atoms with van der Waals surface area (Å²) in [5.41, 5.74) is 2.08. The van der Waals surface area contributed by atoms with Crippen LogP contribution in [0.3, 0.4) is 0 Å². The third kappa shape index (κ3) is 5.39. The summed E-state index contributed by atoms with van der Waals surface area (Å²) >= 11 is 0. The first-order valence-electron chi connectivity index (χ1n) is 7.91. The summed E-state index contributed by atoms with van der Waals surface area (Å²) in [6, 6.07) is 14.4. The van der Waals surface area contributed by atoms with Gasteiger partial charge in [-0.15, -0.1) is 0 Å². The molecule has 1 amide bonds. The van der Waals surface area contributed by atoms with Crippen LogP contribution < -0.4 is 10.1 Å². The summed E-state index contributed by atoms with van der Waals surface area (Å²) < 4.78 is 5.51. The normalized spacial score (nSPS) is 10.6. The first kappa shape index (κ1) is 17.5. The molecule has 0 bridgehead atoms. The molecule has 2 aromatic carbocycles. The second kappa shape index (κ2) is 8.67. The van der Waals surface area contributed by atoms with Crippen LogP contribution >= 0.6 is 0 Å². The SMILES string of the molecule is CCCOc1ccc(C=CC(=O)Nc2cccc(C(C)=O)c2)cc1. The van der Waals surface area contributed by atoms with Crippen molar-refractivity contribution in [3.8, 4) is 5.75 Å². The largest absolute Gasteiger partial charge is 0.494 e. The van der Waals surface area contributed by atoms with Crippen LogP contribution in [0.2, 0.25) is 0 Å². The molecule has 0 aromatic heterocycles. The first-order valence-corrected chi connectivity index (χ1v) is 7.91. The van der Waals surface area contributed by atoms with Gasteiger partial charge in [-0.3, -0.25) is 9.59 Å². The molecule has 0 spiro atoms. The van der Waals surface area contributed by atoms with Crippen molar-refractivity contribution >= 4 is 23.5 Å². The van der Waals surface area contributed by atoms with E-state index in [1.807, 2.05) is 24.3 Å². The summed E-state index contributed by atoms with van der Waals surface area (Å²) in [7, 11) is 0. The van der Waals surface area contributed by atoms with Gasteiger partial charge >= 0.3 is 0 Å². The molecule has 0 unspecified atom stereocenters. The van der Waals surface area contributed by atoms with Gasteiger partial charge in [0.1, 0.15) is 5.75 Å². The summed E-state index contributed by atoms with van der Waals surface area (Å²) in [6.45, 7) is 4.24. The molecule has 1 N–H and O–H groups in total. The number of ether oxygens (including phenoxy) is 1. The maximum Gasteiger partial charge on any atom is 0.248 e. The smallest absolute Gasteiger partial charge is 0.248 e. The fourth-order valence-electron chi connectivity index (χ4n) is 2.07. The first-order chi connectivity index (χ1) is 11.6. The molecule has 2 aromatic rings. The average Bonchev–Trinajstić information content (AvgIpc) is 2.59. The maximum absolute atomic E-state index is 12.0. The standard InChI is InChI=1S/C20H21NO3/c1-3-13-24-19-10-7-16(8-11-19)9-12-20(23)21-18-6-4-5-17(14-18)15(2)22/h4-12,14H,3,13H2,1-2H3,(H,21,23). The predicted octanol–water partition coefficient (Wildman–Crippen LogP) is 4.33. The number of hydrogen-bond donors (Lipinski definition) is 1. The van der Waals surface area contributed by atoms with Crippen molar-refractivity contribution in [1.82, 2.24) is 0 Å². The van der Waals surface area contributed by atoms with Gasteiger partial charge in [0.05, 0.1) is 6.61 Å². The van der Waals surface area contributed by atoms with Crippen molar-refractivity contribution in [2.45, 2.75) is 20.3 Å². The zero-order chi connectivity index (χ0) is 17.4. The molecular formula is C20H21NO3. The van der Waals surface area contributed by atoms with Crippen molar-refractivity contribution in [2.75, 3.05) is 11.9 Å². The van der Waals surface area contributed by atoms with Gasteiger partial charge in [0.25, 0.3) is 0 Å². The predicted molar refractivity (Wildman–Crippen MR) is 96.3 cm³/mol. The van der Waals surface area contributed by atoms with Gasteiger partial charge in [0.2, 0.25) is 5.91 Å². The lowest BCUT2D eigenvalue weighted by Crippen LogP contribution is -2.08. The Hall–Kier alpha value is -2.88. The molecule has 0 radical (unpaired) electrons. The van der Waals surface area contributed by atoms with Crippen molar-refractivity contribution < 1.29 is 14.3 Å².